The lowest BCUT2D eigenvalue weighted by Crippen LogP contribution is -2.49. The Labute approximate surface area is 212 Å². The van der Waals surface area contributed by atoms with Crippen LogP contribution in [0.1, 0.15) is 10.4 Å². The van der Waals surface area contributed by atoms with Crippen molar-refractivity contribution in [2.45, 2.75) is 0 Å². The summed E-state index contributed by atoms with van der Waals surface area (Å²) in [6.07, 6.45) is 3.83. The van der Waals surface area contributed by atoms with Crippen molar-refractivity contribution in [3.63, 3.8) is 0 Å². The number of pyridine rings is 1. The minimum atomic E-state index is 0.0921. The Morgan fingerprint density at radius 3 is 2.58 bits per heavy atom. The van der Waals surface area contributed by atoms with E-state index >= 15 is 0 Å². The first kappa shape index (κ1) is 24.0. The molecule has 3 heterocycles. The van der Waals surface area contributed by atoms with Crippen molar-refractivity contribution in [2.75, 3.05) is 60.5 Å². The summed E-state index contributed by atoms with van der Waals surface area (Å²) in [7, 11) is 5.87. The van der Waals surface area contributed by atoms with Crippen molar-refractivity contribution in [2.24, 2.45) is 0 Å². The normalized spacial score (nSPS) is 14.5. The molecule has 1 amide bonds. The van der Waals surface area contributed by atoms with Gasteiger partial charge in [0.25, 0.3) is 5.91 Å². The second-order valence-corrected chi connectivity index (χ2v) is 9.54. The molecule has 0 saturated carbocycles. The van der Waals surface area contributed by atoms with Crippen molar-refractivity contribution in [3.8, 4) is 28.0 Å². The Morgan fingerprint density at radius 1 is 1.00 bits per heavy atom. The van der Waals surface area contributed by atoms with Crippen LogP contribution in [0, 0.1) is 0 Å². The van der Waals surface area contributed by atoms with Gasteiger partial charge in [0.15, 0.2) is 0 Å². The van der Waals surface area contributed by atoms with Crippen LogP contribution in [-0.2, 0) is 0 Å². The number of H-pyrrole nitrogens is 1. The number of methoxy groups -OCH3 is 1. The second-order valence-electron chi connectivity index (χ2n) is 9.54. The van der Waals surface area contributed by atoms with Gasteiger partial charge in [-0.2, -0.15) is 0 Å². The number of nitrogens with one attached hydrogen (secondary N) is 1. The third kappa shape index (κ3) is 4.98. The molecule has 186 valence electrons. The first-order valence-electron chi connectivity index (χ1n) is 12.4. The van der Waals surface area contributed by atoms with E-state index in [1.807, 2.05) is 65.8 Å². The number of rotatable bonds is 7. The number of ether oxygens (including phenoxy) is 1. The van der Waals surface area contributed by atoms with Crippen LogP contribution in [0.4, 0.5) is 0 Å². The van der Waals surface area contributed by atoms with Crippen LogP contribution < -0.4 is 4.74 Å². The Kier molecular flexibility index (Phi) is 7.02. The van der Waals surface area contributed by atoms with E-state index in [1.54, 1.807) is 7.11 Å². The van der Waals surface area contributed by atoms with Gasteiger partial charge < -0.3 is 19.5 Å². The van der Waals surface area contributed by atoms with E-state index < -0.39 is 0 Å². The van der Waals surface area contributed by atoms with Crippen LogP contribution >= 0.6 is 0 Å². The molecule has 2 aromatic carbocycles. The molecule has 0 bridgehead atoms. The maximum Gasteiger partial charge on any atom is 0.253 e. The SMILES string of the molecule is COc1ccccc1-c1c[nH]c2ncc(-c3cccc(C(=O)N4CCN(CCN(C)C)CC4)c3)cc12. The maximum atomic E-state index is 13.3. The van der Waals surface area contributed by atoms with Gasteiger partial charge in [-0.05, 0) is 43.9 Å². The van der Waals surface area contributed by atoms with Crippen LogP contribution in [0.3, 0.4) is 0 Å². The quantitative estimate of drug-likeness (QED) is 0.426. The monoisotopic (exact) mass is 483 g/mol. The number of aromatic nitrogens is 2. The summed E-state index contributed by atoms with van der Waals surface area (Å²) < 4.78 is 5.58. The van der Waals surface area contributed by atoms with Gasteiger partial charge in [-0.1, -0.05) is 30.3 Å². The zero-order chi connectivity index (χ0) is 25.1. The number of aromatic amines is 1. The number of hydrogen-bond acceptors (Lipinski definition) is 5. The number of likely N-dealkylation sites (N-methyl/N-ethyl adjacent to an activating group) is 1. The summed E-state index contributed by atoms with van der Waals surface area (Å²) in [5, 5.41) is 1.02. The molecule has 4 aromatic rings. The predicted octanol–water partition coefficient (Wildman–Crippen LogP) is 4.22. The fourth-order valence-electron chi connectivity index (χ4n) is 4.78. The fourth-order valence-corrected chi connectivity index (χ4v) is 4.78. The molecule has 1 N–H and O–H groups in total. The average molecular weight is 484 g/mol. The number of amides is 1. The molecule has 1 aliphatic rings. The van der Waals surface area contributed by atoms with Gasteiger partial charge in [0.05, 0.1) is 7.11 Å². The van der Waals surface area contributed by atoms with Gasteiger partial charge in [-0.15, -0.1) is 0 Å². The van der Waals surface area contributed by atoms with Gasteiger partial charge in [-0.25, -0.2) is 4.98 Å². The first-order chi connectivity index (χ1) is 17.5. The van der Waals surface area contributed by atoms with E-state index in [4.69, 9.17) is 4.74 Å². The molecule has 0 aliphatic carbocycles. The summed E-state index contributed by atoms with van der Waals surface area (Å²) in [6.45, 7) is 5.42. The third-order valence-corrected chi connectivity index (χ3v) is 6.89. The molecular formula is C29H33N5O2. The van der Waals surface area contributed by atoms with Gasteiger partial charge in [0.2, 0.25) is 0 Å². The number of carbonyl (C=O) groups excluding carboxylic acids is 1. The smallest absolute Gasteiger partial charge is 0.253 e. The highest BCUT2D eigenvalue weighted by molar-refractivity contribution is 5.98. The van der Waals surface area contributed by atoms with Crippen molar-refractivity contribution < 1.29 is 9.53 Å². The molecule has 2 aromatic heterocycles. The number of para-hydroxylation sites is 1. The number of hydrogen-bond donors (Lipinski definition) is 1. The van der Waals surface area contributed by atoms with Crippen LogP contribution in [-0.4, -0.2) is 91.0 Å². The minimum absolute atomic E-state index is 0.0921. The summed E-state index contributed by atoms with van der Waals surface area (Å²) in [4.78, 5) is 27.8. The van der Waals surface area contributed by atoms with Crippen LogP contribution in [0.5, 0.6) is 5.75 Å². The van der Waals surface area contributed by atoms with Gasteiger partial charge >= 0.3 is 0 Å². The van der Waals surface area contributed by atoms with E-state index in [0.29, 0.717) is 5.56 Å². The molecule has 0 atom stereocenters. The van der Waals surface area contributed by atoms with Crippen LogP contribution in [0.15, 0.2) is 67.0 Å². The van der Waals surface area contributed by atoms with E-state index in [9.17, 15) is 4.79 Å². The topological polar surface area (TPSA) is 64.7 Å². The van der Waals surface area contributed by atoms with E-state index in [0.717, 1.165) is 78.3 Å². The van der Waals surface area contributed by atoms with Crippen molar-refractivity contribution in [1.82, 2.24) is 24.7 Å². The number of carbonyl (C=O) groups is 1. The molecule has 0 spiro atoms. The van der Waals surface area contributed by atoms with Crippen molar-refractivity contribution in [1.29, 1.82) is 0 Å². The summed E-state index contributed by atoms with van der Waals surface area (Å²) in [6, 6.07) is 18.0. The Balaban J connectivity index is 1.37. The highest BCUT2D eigenvalue weighted by Crippen LogP contribution is 2.36. The summed E-state index contributed by atoms with van der Waals surface area (Å²) in [5.41, 5.74) is 5.54. The van der Waals surface area contributed by atoms with Crippen molar-refractivity contribution >= 4 is 16.9 Å². The lowest BCUT2D eigenvalue weighted by atomic mass is 10.00. The molecule has 1 aliphatic heterocycles. The third-order valence-electron chi connectivity index (χ3n) is 6.89. The van der Waals surface area contributed by atoms with E-state index in [1.165, 1.54) is 0 Å². The first-order valence-corrected chi connectivity index (χ1v) is 12.4. The molecule has 0 unspecified atom stereocenters. The fraction of sp³-hybridized carbons (Fsp3) is 0.310. The minimum Gasteiger partial charge on any atom is -0.496 e. The van der Waals surface area contributed by atoms with E-state index in [-0.39, 0.29) is 5.91 Å². The zero-order valence-electron chi connectivity index (χ0n) is 21.2. The molecular weight excluding hydrogens is 450 g/mol. The standard InChI is InChI=1S/C29H33N5O2/c1-32(2)11-12-33-13-15-34(16-14-33)29(35)22-8-6-7-21(17-22)23-18-25-26(20-31-28(25)30-19-23)24-9-4-5-10-27(24)36-3/h4-10,17-20H,11-16H2,1-3H3,(H,30,31). The molecule has 36 heavy (non-hydrogen) atoms. The van der Waals surface area contributed by atoms with Gasteiger partial charge in [0.1, 0.15) is 11.4 Å². The number of fused-ring (bicyclic) bond motifs is 1. The molecule has 7 nitrogen and oxygen atoms in total. The molecule has 0 radical (unpaired) electrons. The molecule has 1 saturated heterocycles. The number of nitrogens with zero attached hydrogens (tertiary/aromatic N) is 4. The van der Waals surface area contributed by atoms with Crippen LogP contribution in [0.25, 0.3) is 33.3 Å². The average Bonchev–Trinajstić information content (AvgIpc) is 3.35. The predicted molar refractivity (Wildman–Crippen MR) is 144 cm³/mol. The van der Waals surface area contributed by atoms with Gasteiger partial charge in [-0.3, -0.25) is 9.69 Å². The summed E-state index contributed by atoms with van der Waals surface area (Å²) >= 11 is 0. The largest absolute Gasteiger partial charge is 0.496 e. The number of piperazine rings is 1. The molecule has 7 heteroatoms. The van der Waals surface area contributed by atoms with Gasteiger partial charge in [0, 0.05) is 79.3 Å². The Hall–Kier alpha value is -3.68. The van der Waals surface area contributed by atoms with Crippen molar-refractivity contribution in [3.05, 3.63) is 72.6 Å². The Bertz CT molecular complexity index is 1350. The second kappa shape index (κ2) is 10.5. The molecule has 1 fully saturated rings. The number of benzene rings is 2. The van der Waals surface area contributed by atoms with E-state index in [2.05, 4.69) is 39.9 Å². The maximum absolute atomic E-state index is 13.3. The highest BCUT2D eigenvalue weighted by atomic mass is 16.5. The highest BCUT2D eigenvalue weighted by Gasteiger charge is 2.22. The lowest BCUT2D eigenvalue weighted by Gasteiger charge is -2.35. The summed E-state index contributed by atoms with van der Waals surface area (Å²) in [5.74, 6) is 0.910. The Morgan fingerprint density at radius 2 is 1.81 bits per heavy atom. The lowest BCUT2D eigenvalue weighted by molar-refractivity contribution is 0.0630. The zero-order valence-corrected chi connectivity index (χ0v) is 21.2. The molecule has 5 rings (SSSR count). The van der Waals surface area contributed by atoms with Crippen LogP contribution in [0.2, 0.25) is 0 Å².